The molecule has 76 valence electrons. The van der Waals surface area contributed by atoms with Gasteiger partial charge >= 0.3 is 0 Å². The predicted molar refractivity (Wildman–Crippen MR) is 44.3 cm³/mol. The molecule has 0 aromatic heterocycles. The second-order valence-electron chi connectivity index (χ2n) is 3.82. The fourth-order valence-corrected chi connectivity index (χ4v) is 1.16. The van der Waals surface area contributed by atoms with Gasteiger partial charge in [-0.05, 0) is 5.92 Å². The molecule has 0 aromatic rings. The molecule has 1 heterocycles. The van der Waals surface area contributed by atoms with E-state index in [4.69, 9.17) is 5.73 Å². The molecule has 0 radical (unpaired) electrons. The standard InChI is InChI=1S/C8H14F2N2O/c1-5(2)6(11)7(13)12-3-8(9,10)4-12/h5-6H,3-4,11H2,1-2H3/t6-/m0/s1. The van der Waals surface area contributed by atoms with E-state index in [9.17, 15) is 13.6 Å². The monoisotopic (exact) mass is 192 g/mol. The van der Waals surface area contributed by atoms with E-state index in [2.05, 4.69) is 0 Å². The Kier molecular flexibility index (Phi) is 2.56. The van der Waals surface area contributed by atoms with Gasteiger partial charge in [0.25, 0.3) is 5.92 Å². The van der Waals surface area contributed by atoms with Crippen molar-refractivity contribution in [2.24, 2.45) is 11.7 Å². The summed E-state index contributed by atoms with van der Waals surface area (Å²) in [5.41, 5.74) is 5.52. The molecule has 3 nitrogen and oxygen atoms in total. The van der Waals surface area contributed by atoms with E-state index in [0.717, 1.165) is 4.90 Å². The number of rotatable bonds is 2. The Balaban J connectivity index is 2.43. The van der Waals surface area contributed by atoms with Crippen LogP contribution < -0.4 is 5.73 Å². The van der Waals surface area contributed by atoms with E-state index in [1.807, 2.05) is 0 Å². The van der Waals surface area contributed by atoms with Crippen LogP contribution in [0.15, 0.2) is 0 Å². The molecule has 0 aliphatic carbocycles. The van der Waals surface area contributed by atoms with Gasteiger partial charge in [-0.3, -0.25) is 4.79 Å². The number of hydrogen-bond donors (Lipinski definition) is 1. The van der Waals surface area contributed by atoms with Gasteiger partial charge in [0.1, 0.15) is 0 Å². The fraction of sp³-hybridized carbons (Fsp3) is 0.875. The van der Waals surface area contributed by atoms with Gasteiger partial charge in [0.2, 0.25) is 5.91 Å². The molecule has 2 N–H and O–H groups in total. The summed E-state index contributed by atoms with van der Waals surface area (Å²) in [6.45, 7) is 2.62. The van der Waals surface area contributed by atoms with Crippen LogP contribution in [-0.4, -0.2) is 35.9 Å². The van der Waals surface area contributed by atoms with Crippen LogP contribution in [0.25, 0.3) is 0 Å². The van der Waals surface area contributed by atoms with Crippen molar-refractivity contribution in [1.82, 2.24) is 4.90 Å². The lowest BCUT2D eigenvalue weighted by molar-refractivity contribution is -0.167. The second-order valence-corrected chi connectivity index (χ2v) is 3.82. The lowest BCUT2D eigenvalue weighted by Crippen LogP contribution is -2.62. The van der Waals surface area contributed by atoms with Gasteiger partial charge in [0.15, 0.2) is 0 Å². The van der Waals surface area contributed by atoms with Crippen molar-refractivity contribution in [3.63, 3.8) is 0 Å². The zero-order valence-corrected chi connectivity index (χ0v) is 7.76. The lowest BCUT2D eigenvalue weighted by Gasteiger charge is -2.40. The van der Waals surface area contributed by atoms with E-state index in [-0.39, 0.29) is 11.8 Å². The molecule has 0 bridgehead atoms. The molecule has 5 heteroatoms. The minimum Gasteiger partial charge on any atom is -0.329 e. The minimum atomic E-state index is -2.70. The first kappa shape index (κ1) is 10.4. The Morgan fingerprint density at radius 2 is 1.92 bits per heavy atom. The number of alkyl halides is 2. The maximum absolute atomic E-state index is 12.4. The average Bonchev–Trinajstić information content (AvgIpc) is 1.97. The van der Waals surface area contributed by atoms with Crippen molar-refractivity contribution in [1.29, 1.82) is 0 Å². The Hall–Kier alpha value is -0.710. The van der Waals surface area contributed by atoms with E-state index in [0.29, 0.717) is 0 Å². The van der Waals surface area contributed by atoms with Crippen LogP contribution in [-0.2, 0) is 4.79 Å². The number of nitrogens with zero attached hydrogens (tertiary/aromatic N) is 1. The number of carbonyl (C=O) groups excluding carboxylic acids is 1. The number of halogens is 2. The molecule has 0 aromatic carbocycles. The second kappa shape index (κ2) is 3.21. The summed E-state index contributed by atoms with van der Waals surface area (Å²) in [6, 6.07) is -0.656. The van der Waals surface area contributed by atoms with Crippen molar-refractivity contribution < 1.29 is 13.6 Å². The largest absolute Gasteiger partial charge is 0.329 e. The maximum Gasteiger partial charge on any atom is 0.282 e. The highest BCUT2D eigenvalue weighted by molar-refractivity contribution is 5.82. The van der Waals surface area contributed by atoms with Crippen molar-refractivity contribution in [3.8, 4) is 0 Å². The zero-order chi connectivity index (χ0) is 10.2. The molecule has 0 unspecified atom stereocenters. The van der Waals surface area contributed by atoms with Gasteiger partial charge in [-0.15, -0.1) is 0 Å². The molecule has 1 atom stereocenters. The van der Waals surface area contributed by atoms with Crippen LogP contribution in [0.3, 0.4) is 0 Å². The third-order valence-corrected chi connectivity index (χ3v) is 2.16. The maximum atomic E-state index is 12.4. The molecule has 0 spiro atoms. The highest BCUT2D eigenvalue weighted by Crippen LogP contribution is 2.27. The Morgan fingerprint density at radius 1 is 1.46 bits per heavy atom. The molecular formula is C8H14F2N2O. The number of carbonyl (C=O) groups is 1. The Morgan fingerprint density at radius 3 is 2.23 bits per heavy atom. The SMILES string of the molecule is CC(C)[C@H](N)C(=O)N1CC(F)(F)C1. The molecule has 13 heavy (non-hydrogen) atoms. The van der Waals surface area contributed by atoms with Crippen LogP contribution in [0.4, 0.5) is 8.78 Å². The number of likely N-dealkylation sites (tertiary alicyclic amines) is 1. The first-order valence-corrected chi connectivity index (χ1v) is 4.26. The van der Waals surface area contributed by atoms with Gasteiger partial charge in [0.05, 0.1) is 19.1 Å². The average molecular weight is 192 g/mol. The van der Waals surface area contributed by atoms with Crippen molar-refractivity contribution in [2.75, 3.05) is 13.1 Å². The molecule has 1 fully saturated rings. The zero-order valence-electron chi connectivity index (χ0n) is 7.76. The van der Waals surface area contributed by atoms with Crippen molar-refractivity contribution >= 4 is 5.91 Å². The van der Waals surface area contributed by atoms with Crippen LogP contribution in [0.1, 0.15) is 13.8 Å². The van der Waals surface area contributed by atoms with E-state index in [1.54, 1.807) is 13.8 Å². The number of nitrogens with two attached hydrogens (primary N) is 1. The quantitative estimate of drug-likeness (QED) is 0.690. The summed E-state index contributed by atoms with van der Waals surface area (Å²) < 4.78 is 24.8. The van der Waals surface area contributed by atoms with Crippen LogP contribution in [0.2, 0.25) is 0 Å². The molecule has 1 aliphatic heterocycles. The summed E-state index contributed by atoms with van der Waals surface area (Å²) in [7, 11) is 0. The normalized spacial score (nSPS) is 22.8. The summed E-state index contributed by atoms with van der Waals surface area (Å²) in [6.07, 6.45) is 0. The summed E-state index contributed by atoms with van der Waals surface area (Å²) >= 11 is 0. The van der Waals surface area contributed by atoms with Gasteiger partial charge in [-0.2, -0.15) is 0 Å². The van der Waals surface area contributed by atoms with Gasteiger partial charge in [0, 0.05) is 0 Å². The van der Waals surface area contributed by atoms with Crippen molar-refractivity contribution in [2.45, 2.75) is 25.8 Å². The van der Waals surface area contributed by atoms with E-state index < -0.39 is 25.1 Å². The minimum absolute atomic E-state index is 0.0123. The van der Waals surface area contributed by atoms with Gasteiger partial charge in [-0.1, -0.05) is 13.8 Å². The molecule has 1 saturated heterocycles. The summed E-state index contributed by atoms with van der Waals surface area (Å²) in [4.78, 5) is 12.4. The first-order chi connectivity index (χ1) is 5.83. The van der Waals surface area contributed by atoms with E-state index in [1.165, 1.54) is 0 Å². The van der Waals surface area contributed by atoms with Gasteiger partial charge < -0.3 is 10.6 Å². The van der Waals surface area contributed by atoms with Crippen molar-refractivity contribution in [3.05, 3.63) is 0 Å². The van der Waals surface area contributed by atoms with Crippen LogP contribution >= 0.6 is 0 Å². The topological polar surface area (TPSA) is 46.3 Å². The third kappa shape index (κ3) is 2.15. The van der Waals surface area contributed by atoms with E-state index >= 15 is 0 Å². The molecule has 1 aliphatic rings. The molecular weight excluding hydrogens is 178 g/mol. The molecule has 1 amide bonds. The van der Waals surface area contributed by atoms with Crippen LogP contribution in [0, 0.1) is 5.92 Å². The highest BCUT2D eigenvalue weighted by Gasteiger charge is 2.47. The Labute approximate surface area is 75.9 Å². The number of hydrogen-bond acceptors (Lipinski definition) is 2. The fourth-order valence-electron chi connectivity index (χ4n) is 1.16. The predicted octanol–water partition coefficient (Wildman–Crippen LogP) is 0.447. The Bertz CT molecular complexity index is 210. The van der Waals surface area contributed by atoms with Gasteiger partial charge in [-0.25, -0.2) is 8.78 Å². The lowest BCUT2D eigenvalue weighted by atomic mass is 10.0. The molecule has 1 rings (SSSR count). The highest BCUT2D eigenvalue weighted by atomic mass is 19.3. The number of amides is 1. The smallest absolute Gasteiger partial charge is 0.282 e. The summed E-state index contributed by atoms with van der Waals surface area (Å²) in [5.74, 6) is -3.09. The van der Waals surface area contributed by atoms with Crippen LogP contribution in [0.5, 0.6) is 0 Å². The molecule has 0 saturated carbocycles. The summed E-state index contributed by atoms with van der Waals surface area (Å²) in [5, 5.41) is 0. The third-order valence-electron chi connectivity index (χ3n) is 2.16. The first-order valence-electron chi connectivity index (χ1n) is 4.26.